The van der Waals surface area contributed by atoms with Gasteiger partial charge in [-0.15, -0.1) is 0 Å². The second-order valence-electron chi connectivity index (χ2n) is 2.88. The molecule has 0 spiro atoms. The summed E-state index contributed by atoms with van der Waals surface area (Å²) in [5, 5.41) is 0.428. The fraction of sp³-hybridized carbons (Fsp3) is 0.222. The van der Waals surface area contributed by atoms with Crippen molar-refractivity contribution < 1.29 is 9.53 Å². The minimum absolute atomic E-state index is 0.0300. The van der Waals surface area contributed by atoms with Crippen LogP contribution < -0.4 is 4.74 Å². The number of ketones is 1. The van der Waals surface area contributed by atoms with Gasteiger partial charge >= 0.3 is 0 Å². The number of alkyl halides is 1. The third kappa shape index (κ3) is 1.59. The Bertz CT molecular complexity index is 406. The molecule has 1 unspecified atom stereocenters. The van der Waals surface area contributed by atoms with Gasteiger partial charge in [0.25, 0.3) is 0 Å². The molecule has 0 N–H and O–H groups in total. The maximum Gasteiger partial charge on any atom is 0.185 e. The van der Waals surface area contributed by atoms with E-state index in [0.29, 0.717) is 22.9 Å². The lowest BCUT2D eigenvalue weighted by molar-refractivity contribution is 0.0946. The van der Waals surface area contributed by atoms with Gasteiger partial charge in [0.15, 0.2) is 5.78 Å². The Morgan fingerprint density at radius 3 is 2.93 bits per heavy atom. The van der Waals surface area contributed by atoms with Crippen LogP contribution in [0, 0.1) is 0 Å². The number of benzene rings is 1. The average molecular weight is 340 g/mol. The van der Waals surface area contributed by atoms with Crippen LogP contribution in [0.15, 0.2) is 16.6 Å². The molecule has 2 rings (SSSR count). The van der Waals surface area contributed by atoms with Crippen molar-refractivity contribution in [1.82, 2.24) is 0 Å². The van der Waals surface area contributed by atoms with Crippen LogP contribution in [0.5, 0.6) is 5.75 Å². The molecule has 74 valence electrons. The summed E-state index contributed by atoms with van der Waals surface area (Å²) >= 11 is 12.5. The predicted molar refractivity (Wildman–Crippen MR) is 61.7 cm³/mol. The molecule has 1 aliphatic rings. The smallest absolute Gasteiger partial charge is 0.185 e. The molecule has 1 aromatic carbocycles. The number of fused-ring (bicyclic) bond motifs is 1. The van der Waals surface area contributed by atoms with E-state index >= 15 is 0 Å². The van der Waals surface area contributed by atoms with Crippen LogP contribution in [0.1, 0.15) is 10.4 Å². The highest BCUT2D eigenvalue weighted by Gasteiger charge is 2.30. The Morgan fingerprint density at radius 2 is 2.21 bits per heavy atom. The molecular weight excluding hydrogens is 335 g/mol. The summed E-state index contributed by atoms with van der Waals surface area (Å²) in [4.78, 5) is 11.5. The normalized spacial score (nSPS) is 20.2. The third-order valence-corrected chi connectivity index (χ3v) is 3.58. The molecule has 0 radical (unpaired) electrons. The average Bonchev–Trinajstić information content (AvgIpc) is 2.16. The zero-order chi connectivity index (χ0) is 10.3. The van der Waals surface area contributed by atoms with E-state index in [2.05, 4.69) is 31.9 Å². The molecule has 5 heteroatoms. The van der Waals surface area contributed by atoms with E-state index in [1.54, 1.807) is 12.1 Å². The molecule has 0 saturated heterocycles. The molecule has 0 fully saturated rings. The summed E-state index contributed by atoms with van der Waals surface area (Å²) in [6.07, 6.45) is 0. The Kier molecular flexibility index (Phi) is 2.86. The van der Waals surface area contributed by atoms with Gasteiger partial charge in [0.1, 0.15) is 17.2 Å². The number of hydrogen-bond acceptors (Lipinski definition) is 2. The quantitative estimate of drug-likeness (QED) is 0.676. The van der Waals surface area contributed by atoms with Crippen LogP contribution in [0.4, 0.5) is 0 Å². The highest BCUT2D eigenvalue weighted by atomic mass is 79.9. The fourth-order valence-corrected chi connectivity index (χ4v) is 2.34. The minimum atomic E-state index is -0.304. The lowest BCUT2D eigenvalue weighted by atomic mass is 10.1. The first kappa shape index (κ1) is 10.5. The standard InChI is InChI=1S/C9H5Br2ClO2/c10-4-1-2-6(12)7-8(13)5(11)3-14-9(4)7/h1-2,5H,3H2. The summed E-state index contributed by atoms with van der Waals surface area (Å²) in [5.41, 5.74) is 0.453. The Hall–Kier alpha value is -0.0600. The van der Waals surface area contributed by atoms with Crippen LogP contribution in [-0.4, -0.2) is 17.2 Å². The molecule has 1 aromatic rings. The summed E-state index contributed by atoms with van der Waals surface area (Å²) in [5.74, 6) is 0.510. The van der Waals surface area contributed by atoms with Gasteiger partial charge in [-0.2, -0.15) is 0 Å². The summed E-state index contributed by atoms with van der Waals surface area (Å²) < 4.78 is 6.17. The van der Waals surface area contributed by atoms with E-state index in [9.17, 15) is 4.79 Å². The van der Waals surface area contributed by atoms with E-state index in [0.717, 1.165) is 4.47 Å². The summed E-state index contributed by atoms with van der Waals surface area (Å²) in [6, 6.07) is 3.44. The molecule has 14 heavy (non-hydrogen) atoms. The highest BCUT2D eigenvalue weighted by Crippen LogP contribution is 2.38. The number of carbonyl (C=O) groups is 1. The maximum atomic E-state index is 11.8. The number of halogens is 3. The lowest BCUT2D eigenvalue weighted by Crippen LogP contribution is -2.28. The first-order valence-electron chi connectivity index (χ1n) is 3.90. The molecular formula is C9H5Br2ClO2. The summed E-state index contributed by atoms with van der Waals surface area (Å²) in [6.45, 7) is 0.338. The van der Waals surface area contributed by atoms with Crippen molar-refractivity contribution in [2.45, 2.75) is 4.83 Å². The molecule has 2 nitrogen and oxygen atoms in total. The Balaban J connectivity index is 2.64. The molecule has 1 atom stereocenters. The first-order chi connectivity index (χ1) is 6.61. The van der Waals surface area contributed by atoms with E-state index < -0.39 is 0 Å². The van der Waals surface area contributed by atoms with E-state index in [1.807, 2.05) is 0 Å². The fourth-order valence-electron chi connectivity index (χ4n) is 1.29. The van der Waals surface area contributed by atoms with Crippen LogP contribution >= 0.6 is 43.5 Å². The number of carbonyl (C=O) groups excluding carboxylic acids is 1. The van der Waals surface area contributed by atoms with Gasteiger partial charge in [0.2, 0.25) is 0 Å². The summed E-state index contributed by atoms with van der Waals surface area (Å²) in [7, 11) is 0. The van der Waals surface area contributed by atoms with E-state index in [-0.39, 0.29) is 10.6 Å². The van der Waals surface area contributed by atoms with Crippen LogP contribution in [0.2, 0.25) is 5.02 Å². The van der Waals surface area contributed by atoms with Crippen LogP contribution in [0.3, 0.4) is 0 Å². The van der Waals surface area contributed by atoms with Gasteiger partial charge in [-0.25, -0.2) is 0 Å². The van der Waals surface area contributed by atoms with Gasteiger partial charge < -0.3 is 4.74 Å². The first-order valence-corrected chi connectivity index (χ1v) is 5.99. The number of rotatable bonds is 0. The molecule has 0 amide bonds. The SMILES string of the molecule is O=C1c2c(Cl)ccc(Br)c2OCC1Br. The van der Waals surface area contributed by atoms with Crippen molar-refractivity contribution in [1.29, 1.82) is 0 Å². The number of Topliss-reactive ketones (excluding diaryl/α,β-unsaturated/α-hetero) is 1. The van der Waals surface area contributed by atoms with Crippen molar-refractivity contribution in [3.05, 3.63) is 27.2 Å². The van der Waals surface area contributed by atoms with Crippen molar-refractivity contribution in [3.8, 4) is 5.75 Å². The topological polar surface area (TPSA) is 26.3 Å². The van der Waals surface area contributed by atoms with Crippen molar-refractivity contribution in [2.24, 2.45) is 0 Å². The monoisotopic (exact) mass is 338 g/mol. The molecule has 0 aliphatic carbocycles. The molecule has 1 heterocycles. The second-order valence-corrected chi connectivity index (χ2v) is 5.24. The van der Waals surface area contributed by atoms with Crippen molar-refractivity contribution in [2.75, 3.05) is 6.61 Å². The van der Waals surface area contributed by atoms with Gasteiger partial charge in [-0.1, -0.05) is 27.5 Å². The molecule has 1 aliphatic heterocycles. The minimum Gasteiger partial charge on any atom is -0.490 e. The van der Waals surface area contributed by atoms with Crippen LogP contribution in [-0.2, 0) is 0 Å². The van der Waals surface area contributed by atoms with Gasteiger partial charge in [0.05, 0.1) is 15.1 Å². The van der Waals surface area contributed by atoms with Gasteiger partial charge in [-0.05, 0) is 28.1 Å². The van der Waals surface area contributed by atoms with Crippen LogP contribution in [0.25, 0.3) is 0 Å². The van der Waals surface area contributed by atoms with Gasteiger partial charge in [-0.3, -0.25) is 4.79 Å². The number of ether oxygens (including phenoxy) is 1. The molecule has 0 saturated carbocycles. The zero-order valence-corrected chi connectivity index (χ0v) is 10.8. The Morgan fingerprint density at radius 1 is 1.50 bits per heavy atom. The van der Waals surface area contributed by atoms with Crippen molar-refractivity contribution >= 4 is 49.2 Å². The van der Waals surface area contributed by atoms with E-state index in [1.165, 1.54) is 0 Å². The highest BCUT2D eigenvalue weighted by molar-refractivity contribution is 9.10. The molecule has 0 bridgehead atoms. The van der Waals surface area contributed by atoms with Gasteiger partial charge in [0, 0.05) is 0 Å². The van der Waals surface area contributed by atoms with E-state index in [4.69, 9.17) is 16.3 Å². The maximum absolute atomic E-state index is 11.8. The molecule has 0 aromatic heterocycles. The number of hydrogen-bond donors (Lipinski definition) is 0. The second kappa shape index (κ2) is 3.83. The largest absolute Gasteiger partial charge is 0.490 e. The zero-order valence-electron chi connectivity index (χ0n) is 6.89. The van der Waals surface area contributed by atoms with Crippen molar-refractivity contribution in [3.63, 3.8) is 0 Å². The third-order valence-electron chi connectivity index (χ3n) is 1.96. The lowest BCUT2D eigenvalue weighted by Gasteiger charge is -2.22. The predicted octanol–water partition coefficient (Wildman–Crippen LogP) is 3.44. The Labute approximate surface area is 103 Å².